The van der Waals surface area contributed by atoms with Gasteiger partial charge in [-0.15, -0.1) is 10.2 Å². The number of hydrogen-bond acceptors (Lipinski definition) is 10. The quantitative estimate of drug-likeness (QED) is 0.399. The van der Waals surface area contributed by atoms with Gasteiger partial charge < -0.3 is 24.3 Å². The van der Waals surface area contributed by atoms with Crippen molar-refractivity contribution in [2.75, 3.05) is 45.6 Å². The van der Waals surface area contributed by atoms with Gasteiger partial charge in [0.25, 0.3) is 5.91 Å². The van der Waals surface area contributed by atoms with Crippen molar-refractivity contribution in [3.63, 3.8) is 0 Å². The van der Waals surface area contributed by atoms with Gasteiger partial charge in [0.1, 0.15) is 0 Å². The Labute approximate surface area is 188 Å². The van der Waals surface area contributed by atoms with E-state index in [4.69, 9.17) is 18.9 Å². The first-order chi connectivity index (χ1) is 15.0. The number of carbonyl (C=O) groups excluding carboxylic acids is 2. The van der Waals surface area contributed by atoms with Crippen LogP contribution in [0.3, 0.4) is 0 Å². The van der Waals surface area contributed by atoms with E-state index in [2.05, 4.69) is 20.8 Å². The summed E-state index contributed by atoms with van der Waals surface area (Å²) in [6.07, 6.45) is 2.11. The van der Waals surface area contributed by atoms with Crippen molar-refractivity contribution >= 4 is 40.0 Å². The number of rotatable bonds is 10. The second kappa shape index (κ2) is 11.2. The normalized spacial score (nSPS) is 15.4. The summed E-state index contributed by atoms with van der Waals surface area (Å²) in [5, 5.41) is 13.8. The van der Waals surface area contributed by atoms with E-state index in [1.807, 2.05) is 0 Å². The van der Waals surface area contributed by atoms with Gasteiger partial charge in [0.05, 0.1) is 33.2 Å². The van der Waals surface area contributed by atoms with Gasteiger partial charge in [-0.25, -0.2) is 0 Å². The first-order valence-electron chi connectivity index (χ1n) is 9.50. The molecule has 0 bridgehead atoms. The maximum atomic E-state index is 12.6. The van der Waals surface area contributed by atoms with Gasteiger partial charge in [-0.1, -0.05) is 23.1 Å². The molecule has 31 heavy (non-hydrogen) atoms. The molecule has 168 valence electrons. The summed E-state index contributed by atoms with van der Waals surface area (Å²) in [6, 6.07) is 3.09. The summed E-state index contributed by atoms with van der Waals surface area (Å²) in [5.74, 6) is 0.847. The first-order valence-corrected chi connectivity index (χ1v) is 11.3. The lowest BCUT2D eigenvalue weighted by Crippen LogP contribution is -2.32. The number of aromatic nitrogens is 2. The number of anilines is 1. The number of carbonyl (C=O) groups is 2. The molecule has 0 unspecified atom stereocenters. The van der Waals surface area contributed by atoms with Crippen LogP contribution in [0.25, 0.3) is 0 Å². The third-order valence-corrected chi connectivity index (χ3v) is 6.40. The molecule has 1 aliphatic rings. The molecule has 10 nitrogen and oxygen atoms in total. The molecule has 1 atom stereocenters. The van der Waals surface area contributed by atoms with Crippen LogP contribution in [0, 0.1) is 0 Å². The number of methoxy groups -OCH3 is 3. The zero-order chi connectivity index (χ0) is 22.2. The van der Waals surface area contributed by atoms with E-state index < -0.39 is 5.91 Å². The highest BCUT2D eigenvalue weighted by atomic mass is 32.2. The zero-order valence-electron chi connectivity index (χ0n) is 17.4. The fourth-order valence-electron chi connectivity index (χ4n) is 2.91. The minimum absolute atomic E-state index is 0.0984. The number of nitrogens with one attached hydrogen (secondary N) is 2. The van der Waals surface area contributed by atoms with Crippen LogP contribution in [0.5, 0.6) is 17.2 Å². The van der Waals surface area contributed by atoms with Crippen LogP contribution in [0.1, 0.15) is 23.2 Å². The molecule has 12 heteroatoms. The summed E-state index contributed by atoms with van der Waals surface area (Å²) >= 11 is 2.44. The third kappa shape index (κ3) is 6.21. The lowest BCUT2D eigenvalue weighted by molar-refractivity contribution is -0.119. The molecule has 1 saturated heterocycles. The number of amides is 2. The Balaban J connectivity index is 1.54. The van der Waals surface area contributed by atoms with Gasteiger partial charge in [-0.05, 0) is 25.0 Å². The van der Waals surface area contributed by atoms with Crippen LogP contribution < -0.4 is 24.8 Å². The minimum Gasteiger partial charge on any atom is -0.493 e. The molecule has 2 amide bonds. The minimum atomic E-state index is -0.402. The highest BCUT2D eigenvalue weighted by Crippen LogP contribution is 2.38. The predicted octanol–water partition coefficient (Wildman–Crippen LogP) is 2.20. The van der Waals surface area contributed by atoms with E-state index >= 15 is 0 Å². The Hall–Kier alpha value is -2.57. The molecule has 1 fully saturated rings. The molecule has 0 radical (unpaired) electrons. The molecule has 1 aromatic carbocycles. The molecule has 2 aromatic rings. The molecule has 2 heterocycles. The average Bonchev–Trinajstić information content (AvgIpc) is 3.47. The van der Waals surface area contributed by atoms with Gasteiger partial charge in [0, 0.05) is 18.7 Å². The Morgan fingerprint density at radius 3 is 2.55 bits per heavy atom. The van der Waals surface area contributed by atoms with Crippen molar-refractivity contribution in [3.05, 3.63) is 17.7 Å². The van der Waals surface area contributed by atoms with Crippen molar-refractivity contribution in [1.82, 2.24) is 15.5 Å². The van der Waals surface area contributed by atoms with Gasteiger partial charge in [-0.3, -0.25) is 14.9 Å². The van der Waals surface area contributed by atoms with Crippen molar-refractivity contribution in [3.8, 4) is 17.2 Å². The fourth-order valence-corrected chi connectivity index (χ4v) is 4.49. The van der Waals surface area contributed by atoms with Gasteiger partial charge in [0.2, 0.25) is 16.8 Å². The Bertz CT molecular complexity index is 892. The van der Waals surface area contributed by atoms with Crippen molar-refractivity contribution in [2.45, 2.75) is 23.3 Å². The number of thioether (sulfide) groups is 1. The summed E-state index contributed by atoms with van der Waals surface area (Å²) in [4.78, 5) is 24.6. The van der Waals surface area contributed by atoms with Gasteiger partial charge in [-0.2, -0.15) is 0 Å². The first kappa shape index (κ1) is 23.1. The highest BCUT2D eigenvalue weighted by Gasteiger charge is 2.19. The Morgan fingerprint density at radius 1 is 1.19 bits per heavy atom. The van der Waals surface area contributed by atoms with Crippen molar-refractivity contribution < 1.29 is 28.5 Å². The maximum absolute atomic E-state index is 12.6. The molecule has 0 aliphatic carbocycles. The second-order valence-corrected chi connectivity index (χ2v) is 8.67. The lowest BCUT2D eigenvalue weighted by Gasteiger charge is -2.13. The summed E-state index contributed by atoms with van der Waals surface area (Å²) in [7, 11) is 4.44. The highest BCUT2D eigenvalue weighted by molar-refractivity contribution is 8.01. The van der Waals surface area contributed by atoms with Crippen molar-refractivity contribution in [2.24, 2.45) is 0 Å². The monoisotopic (exact) mass is 468 g/mol. The smallest absolute Gasteiger partial charge is 0.257 e. The molecule has 3 rings (SSSR count). The molecule has 1 aromatic heterocycles. The molecule has 0 saturated carbocycles. The van der Waals surface area contributed by atoms with Crippen LogP contribution >= 0.6 is 23.1 Å². The summed E-state index contributed by atoms with van der Waals surface area (Å²) in [6.45, 7) is 1.27. The van der Waals surface area contributed by atoms with Crippen LogP contribution in [0.2, 0.25) is 0 Å². The number of ether oxygens (including phenoxy) is 4. The fraction of sp³-hybridized carbons (Fsp3) is 0.474. The third-order valence-electron chi connectivity index (χ3n) is 4.43. The van der Waals surface area contributed by atoms with E-state index in [0.717, 1.165) is 19.4 Å². The van der Waals surface area contributed by atoms with E-state index in [-0.39, 0.29) is 17.8 Å². The molecule has 0 spiro atoms. The zero-order valence-corrected chi connectivity index (χ0v) is 19.1. The predicted molar refractivity (Wildman–Crippen MR) is 117 cm³/mol. The number of nitrogens with zero attached hydrogens (tertiary/aromatic N) is 2. The topological polar surface area (TPSA) is 121 Å². The van der Waals surface area contributed by atoms with E-state index in [1.54, 1.807) is 12.1 Å². The van der Waals surface area contributed by atoms with Crippen LogP contribution in [0.4, 0.5) is 5.13 Å². The Kier molecular flexibility index (Phi) is 8.32. The largest absolute Gasteiger partial charge is 0.493 e. The van der Waals surface area contributed by atoms with Crippen LogP contribution in [0.15, 0.2) is 16.5 Å². The Morgan fingerprint density at radius 2 is 1.94 bits per heavy atom. The molecular formula is C19H24N4O6S2. The van der Waals surface area contributed by atoms with E-state index in [0.29, 0.717) is 38.8 Å². The van der Waals surface area contributed by atoms with Crippen LogP contribution in [-0.2, 0) is 9.53 Å². The maximum Gasteiger partial charge on any atom is 0.257 e. The number of benzene rings is 1. The average molecular weight is 469 g/mol. The standard InChI is InChI=1S/C19H24N4O6S2/c1-26-13-7-11(8-14(27-2)16(13)28-3)17(25)21-18-22-23-19(31-18)30-10-15(24)20-9-12-5-4-6-29-12/h7-8,12H,4-6,9-10H2,1-3H3,(H,20,24)(H,21,22,25)/t12-/m0/s1. The van der Waals surface area contributed by atoms with E-state index in [1.165, 1.54) is 44.4 Å². The van der Waals surface area contributed by atoms with Gasteiger partial charge >= 0.3 is 0 Å². The molecule has 1 aliphatic heterocycles. The SMILES string of the molecule is COc1cc(C(=O)Nc2nnc(SCC(=O)NC[C@@H]3CCCO3)s2)cc(OC)c1OC. The summed E-state index contributed by atoms with van der Waals surface area (Å²) < 4.78 is 21.9. The second-order valence-electron chi connectivity index (χ2n) is 6.47. The van der Waals surface area contributed by atoms with Crippen molar-refractivity contribution in [1.29, 1.82) is 0 Å². The molecular weight excluding hydrogens is 444 g/mol. The number of hydrogen-bond donors (Lipinski definition) is 2. The summed E-state index contributed by atoms with van der Waals surface area (Å²) in [5.41, 5.74) is 0.312. The van der Waals surface area contributed by atoms with E-state index in [9.17, 15) is 9.59 Å². The lowest BCUT2D eigenvalue weighted by atomic mass is 10.1. The van der Waals surface area contributed by atoms with Crippen LogP contribution in [-0.4, -0.2) is 68.3 Å². The van der Waals surface area contributed by atoms with Gasteiger partial charge in [0.15, 0.2) is 15.8 Å². The molecule has 2 N–H and O–H groups in total.